The minimum atomic E-state index is -0.594. The number of aromatic hydroxyl groups is 1. The molecular formula is C24H18BrCl2N3O3. The molecule has 4 aromatic rings. The van der Waals surface area contributed by atoms with Crippen LogP contribution in [0.25, 0.3) is 10.9 Å². The lowest BCUT2D eigenvalue weighted by atomic mass is 10.2. The number of aryl methyl sites for hydroxylation is 1. The summed E-state index contributed by atoms with van der Waals surface area (Å²) in [6.07, 6.45) is 0. The van der Waals surface area contributed by atoms with Gasteiger partial charge in [0.25, 0.3) is 0 Å². The number of ether oxygens (including phenoxy) is 1. The molecule has 3 aromatic carbocycles. The van der Waals surface area contributed by atoms with Crippen LogP contribution >= 0.6 is 39.1 Å². The van der Waals surface area contributed by atoms with Crippen molar-refractivity contribution in [1.82, 2.24) is 4.57 Å². The average molecular weight is 547 g/mol. The van der Waals surface area contributed by atoms with E-state index in [9.17, 15) is 9.90 Å². The van der Waals surface area contributed by atoms with Crippen molar-refractivity contribution in [1.29, 1.82) is 0 Å². The molecule has 0 aliphatic heterocycles. The van der Waals surface area contributed by atoms with Gasteiger partial charge < -0.3 is 14.4 Å². The van der Waals surface area contributed by atoms with Crippen LogP contribution in [0.15, 0.2) is 75.4 Å². The quantitative estimate of drug-likeness (QED) is 0.255. The molecule has 0 unspecified atom stereocenters. The Labute approximate surface area is 208 Å². The summed E-state index contributed by atoms with van der Waals surface area (Å²) in [6.45, 7) is 1.87. The zero-order valence-electron chi connectivity index (χ0n) is 17.4. The molecule has 0 spiro atoms. The monoisotopic (exact) mass is 545 g/mol. The molecular weight excluding hydrogens is 529 g/mol. The van der Waals surface area contributed by atoms with Crippen molar-refractivity contribution in [2.75, 3.05) is 6.61 Å². The van der Waals surface area contributed by atoms with Gasteiger partial charge in [-0.1, -0.05) is 57.3 Å². The Morgan fingerprint density at radius 3 is 2.64 bits per heavy atom. The molecule has 0 radical (unpaired) electrons. The van der Waals surface area contributed by atoms with E-state index in [1.165, 1.54) is 0 Å². The number of nitrogens with zero attached hydrogens (tertiary/aromatic N) is 3. The third kappa shape index (κ3) is 5.21. The van der Waals surface area contributed by atoms with Gasteiger partial charge in [-0.05, 0) is 60.5 Å². The number of amides is 1. The number of halogens is 3. The van der Waals surface area contributed by atoms with Gasteiger partial charge in [0.2, 0.25) is 5.88 Å². The Bertz CT molecular complexity index is 1390. The molecule has 0 bridgehead atoms. The van der Waals surface area contributed by atoms with Crippen molar-refractivity contribution >= 4 is 61.6 Å². The summed E-state index contributed by atoms with van der Waals surface area (Å²) >= 11 is 15.7. The number of carbonyl (C=O) groups is 1. The Morgan fingerprint density at radius 1 is 1.09 bits per heavy atom. The minimum absolute atomic E-state index is 0.117. The fourth-order valence-electron chi connectivity index (χ4n) is 3.34. The molecule has 1 aromatic heterocycles. The first-order chi connectivity index (χ1) is 15.8. The van der Waals surface area contributed by atoms with E-state index >= 15 is 0 Å². The molecule has 0 fully saturated rings. The first-order valence-electron chi connectivity index (χ1n) is 9.91. The molecule has 9 heteroatoms. The van der Waals surface area contributed by atoms with E-state index in [2.05, 4.69) is 26.2 Å². The molecule has 33 heavy (non-hydrogen) atoms. The highest BCUT2D eigenvalue weighted by molar-refractivity contribution is 9.10. The average Bonchev–Trinajstić information content (AvgIpc) is 3.04. The van der Waals surface area contributed by atoms with Crippen LogP contribution < -0.4 is 4.74 Å². The summed E-state index contributed by atoms with van der Waals surface area (Å²) in [5.41, 5.74) is 2.59. The van der Waals surface area contributed by atoms with Gasteiger partial charge in [-0.2, -0.15) is 0 Å². The maximum Gasteiger partial charge on any atom is 0.302 e. The van der Waals surface area contributed by atoms with Gasteiger partial charge in [0.1, 0.15) is 5.75 Å². The summed E-state index contributed by atoms with van der Waals surface area (Å²) in [4.78, 5) is 12.3. The van der Waals surface area contributed by atoms with Crippen LogP contribution in [-0.4, -0.2) is 22.2 Å². The van der Waals surface area contributed by atoms with Crippen LogP contribution in [0.4, 0.5) is 5.69 Å². The zero-order valence-corrected chi connectivity index (χ0v) is 20.5. The maximum atomic E-state index is 12.3. The van der Waals surface area contributed by atoms with E-state index in [0.29, 0.717) is 27.7 Å². The molecule has 0 aliphatic carbocycles. The summed E-state index contributed by atoms with van der Waals surface area (Å²) in [5, 5.41) is 20.6. The Balaban J connectivity index is 1.60. The lowest BCUT2D eigenvalue weighted by molar-refractivity contribution is -0.120. The predicted octanol–water partition coefficient (Wildman–Crippen LogP) is 7.46. The van der Waals surface area contributed by atoms with E-state index in [0.717, 1.165) is 21.1 Å². The summed E-state index contributed by atoms with van der Waals surface area (Å²) in [7, 11) is 0. The van der Waals surface area contributed by atoms with Crippen LogP contribution in [0, 0.1) is 6.92 Å². The number of fused-ring (bicyclic) bond motifs is 1. The lowest BCUT2D eigenvalue weighted by Crippen LogP contribution is -2.07. The Kier molecular flexibility index (Phi) is 7.02. The second-order valence-electron chi connectivity index (χ2n) is 7.30. The smallest absolute Gasteiger partial charge is 0.302 e. The van der Waals surface area contributed by atoms with E-state index in [1.807, 2.05) is 43.3 Å². The van der Waals surface area contributed by atoms with Crippen molar-refractivity contribution in [3.05, 3.63) is 86.3 Å². The molecule has 0 saturated heterocycles. The first-order valence-corrected chi connectivity index (χ1v) is 11.5. The number of carbonyl (C=O) groups excluding carboxylic acids is 1. The number of benzene rings is 3. The summed E-state index contributed by atoms with van der Waals surface area (Å²) < 4.78 is 7.95. The molecule has 1 N–H and O–H groups in total. The molecule has 4 rings (SSSR count). The van der Waals surface area contributed by atoms with Crippen molar-refractivity contribution in [2.45, 2.75) is 13.5 Å². The van der Waals surface area contributed by atoms with E-state index < -0.39 is 5.91 Å². The molecule has 1 amide bonds. The normalized spacial score (nSPS) is 11.4. The van der Waals surface area contributed by atoms with E-state index in [1.54, 1.807) is 28.8 Å². The SMILES string of the molecule is Cc1cc(OCC(=O)N=Nc2c(O)n(Cc3ccccc3Cl)c3ccc(Br)cc23)ccc1Cl. The number of hydrogen-bond acceptors (Lipinski definition) is 4. The Hall–Kier alpha value is -2.87. The van der Waals surface area contributed by atoms with Crippen LogP contribution in [0.5, 0.6) is 11.6 Å². The van der Waals surface area contributed by atoms with Gasteiger partial charge in [0.15, 0.2) is 12.3 Å². The maximum absolute atomic E-state index is 12.3. The van der Waals surface area contributed by atoms with Gasteiger partial charge in [-0.15, -0.1) is 10.2 Å². The lowest BCUT2D eigenvalue weighted by Gasteiger charge is -2.08. The molecule has 0 aliphatic rings. The van der Waals surface area contributed by atoms with Crippen molar-refractivity contribution < 1.29 is 14.6 Å². The minimum Gasteiger partial charge on any atom is -0.493 e. The number of aromatic nitrogens is 1. The first kappa shape index (κ1) is 23.3. The van der Waals surface area contributed by atoms with E-state index in [4.69, 9.17) is 27.9 Å². The van der Waals surface area contributed by atoms with Crippen molar-refractivity contribution in [3.8, 4) is 11.6 Å². The van der Waals surface area contributed by atoms with Crippen LogP contribution in [0.2, 0.25) is 10.0 Å². The van der Waals surface area contributed by atoms with Gasteiger partial charge in [-0.25, -0.2) is 0 Å². The van der Waals surface area contributed by atoms with Crippen LogP contribution in [0.3, 0.4) is 0 Å². The van der Waals surface area contributed by atoms with E-state index in [-0.39, 0.29) is 18.2 Å². The highest BCUT2D eigenvalue weighted by Gasteiger charge is 2.18. The predicted molar refractivity (Wildman–Crippen MR) is 133 cm³/mol. The second-order valence-corrected chi connectivity index (χ2v) is 9.03. The van der Waals surface area contributed by atoms with Gasteiger partial charge in [0.05, 0.1) is 12.1 Å². The van der Waals surface area contributed by atoms with Crippen LogP contribution in [0.1, 0.15) is 11.1 Å². The van der Waals surface area contributed by atoms with Crippen molar-refractivity contribution in [2.24, 2.45) is 10.2 Å². The van der Waals surface area contributed by atoms with Gasteiger partial charge in [0, 0.05) is 19.9 Å². The van der Waals surface area contributed by atoms with Gasteiger partial charge >= 0.3 is 5.91 Å². The molecule has 6 nitrogen and oxygen atoms in total. The van der Waals surface area contributed by atoms with Crippen LogP contribution in [-0.2, 0) is 11.3 Å². The fraction of sp³-hybridized carbons (Fsp3) is 0.125. The molecule has 0 saturated carbocycles. The molecule has 1 heterocycles. The Morgan fingerprint density at radius 2 is 1.88 bits per heavy atom. The molecule has 0 atom stereocenters. The summed E-state index contributed by atoms with van der Waals surface area (Å²) in [6, 6.07) is 18.0. The standard InChI is InChI=1S/C24H18BrCl2N3O3/c1-14-10-17(7-8-19(14)26)33-13-22(31)28-29-23-18-11-16(25)6-9-21(18)30(24(23)32)12-15-4-2-3-5-20(15)27/h2-11,32H,12-13H2,1H3. The third-order valence-electron chi connectivity index (χ3n) is 5.01. The van der Waals surface area contributed by atoms with Crippen molar-refractivity contribution in [3.63, 3.8) is 0 Å². The third-order valence-corrected chi connectivity index (χ3v) is 6.30. The molecule has 168 valence electrons. The number of rotatable bonds is 6. The fourth-order valence-corrected chi connectivity index (χ4v) is 4.01. The second kappa shape index (κ2) is 9.95. The highest BCUT2D eigenvalue weighted by Crippen LogP contribution is 2.41. The van der Waals surface area contributed by atoms with Gasteiger partial charge in [-0.3, -0.25) is 4.79 Å². The topological polar surface area (TPSA) is 76.2 Å². The highest BCUT2D eigenvalue weighted by atomic mass is 79.9. The number of azo groups is 1. The largest absolute Gasteiger partial charge is 0.493 e. The number of hydrogen-bond donors (Lipinski definition) is 1. The zero-order chi connectivity index (χ0) is 23.5. The summed E-state index contributed by atoms with van der Waals surface area (Å²) in [5.74, 6) is -0.207.